The van der Waals surface area contributed by atoms with E-state index in [9.17, 15) is 13.2 Å². The van der Waals surface area contributed by atoms with E-state index in [4.69, 9.17) is 4.74 Å². The van der Waals surface area contributed by atoms with Crippen molar-refractivity contribution in [3.63, 3.8) is 0 Å². The Kier molecular flexibility index (Phi) is 7.24. The highest BCUT2D eigenvalue weighted by Gasteiger charge is 2.25. The molecule has 0 amide bonds. The number of piperidine rings is 1. The van der Waals surface area contributed by atoms with Gasteiger partial charge in [0.15, 0.2) is 9.84 Å². The SMILES string of the molecule is Cc1nnc(C)n1C1CCN(Cc2cc3c(-c4cc(S(C)(=O)=O)ccc4Oc4ccccc4)cn(C)c(=O)c3[nH]2)CC1. The first-order valence-corrected chi connectivity index (χ1v) is 15.9. The monoisotopic (exact) mass is 586 g/mol. The van der Waals surface area contributed by atoms with Gasteiger partial charge in [0.25, 0.3) is 5.56 Å². The molecule has 0 bridgehead atoms. The van der Waals surface area contributed by atoms with E-state index >= 15 is 0 Å². The first-order chi connectivity index (χ1) is 20.1. The highest BCUT2D eigenvalue weighted by atomic mass is 32.2. The highest BCUT2D eigenvalue weighted by Crippen LogP contribution is 2.38. The van der Waals surface area contributed by atoms with Crippen molar-refractivity contribution in [3.05, 3.63) is 88.5 Å². The number of sulfone groups is 1. The molecule has 0 radical (unpaired) electrons. The molecule has 0 spiro atoms. The van der Waals surface area contributed by atoms with Crippen LogP contribution in [0.25, 0.3) is 22.0 Å². The van der Waals surface area contributed by atoms with Gasteiger partial charge in [-0.15, -0.1) is 10.2 Å². The third-order valence-electron chi connectivity index (χ3n) is 8.01. The van der Waals surface area contributed by atoms with Gasteiger partial charge in [-0.05, 0) is 63.1 Å². The molecule has 3 aromatic heterocycles. The maximum atomic E-state index is 13.2. The number of para-hydroxylation sites is 1. The molecule has 1 fully saturated rings. The van der Waals surface area contributed by atoms with Crippen molar-refractivity contribution in [2.45, 2.75) is 44.2 Å². The van der Waals surface area contributed by atoms with Gasteiger partial charge in [-0.1, -0.05) is 18.2 Å². The summed E-state index contributed by atoms with van der Waals surface area (Å²) in [4.78, 5) is 19.2. The molecular formula is C31H34N6O4S. The quantitative estimate of drug-likeness (QED) is 0.292. The molecule has 1 aliphatic heterocycles. The zero-order valence-corrected chi connectivity index (χ0v) is 25.0. The summed E-state index contributed by atoms with van der Waals surface area (Å²) in [5.41, 5.74) is 2.55. The number of benzene rings is 2. The zero-order valence-electron chi connectivity index (χ0n) is 24.2. The average Bonchev–Trinajstić information content (AvgIpc) is 3.54. The van der Waals surface area contributed by atoms with E-state index in [0.29, 0.717) is 40.7 Å². The summed E-state index contributed by atoms with van der Waals surface area (Å²) in [6.45, 7) is 6.48. The molecular weight excluding hydrogens is 552 g/mol. The second-order valence-electron chi connectivity index (χ2n) is 11.1. The molecule has 218 valence electrons. The molecule has 0 unspecified atom stereocenters. The minimum atomic E-state index is -3.48. The Labute approximate surface area is 244 Å². The Morgan fingerprint density at radius 1 is 0.976 bits per heavy atom. The van der Waals surface area contributed by atoms with E-state index in [1.54, 1.807) is 31.4 Å². The van der Waals surface area contributed by atoms with Gasteiger partial charge in [-0.3, -0.25) is 9.69 Å². The van der Waals surface area contributed by atoms with E-state index in [1.165, 1.54) is 10.8 Å². The van der Waals surface area contributed by atoms with Crippen LogP contribution in [-0.2, 0) is 23.4 Å². The molecule has 2 aromatic carbocycles. The topological polar surface area (TPSA) is 115 Å². The van der Waals surface area contributed by atoms with Gasteiger partial charge in [0.1, 0.15) is 28.7 Å². The van der Waals surface area contributed by atoms with Crippen LogP contribution in [-0.4, -0.2) is 57.0 Å². The Balaban J connectivity index is 1.35. The maximum Gasteiger partial charge on any atom is 0.274 e. The summed E-state index contributed by atoms with van der Waals surface area (Å²) in [5.74, 6) is 3.01. The van der Waals surface area contributed by atoms with Crippen molar-refractivity contribution >= 4 is 20.7 Å². The number of fused-ring (bicyclic) bond motifs is 1. The number of nitrogens with one attached hydrogen (secondary N) is 1. The molecule has 1 N–H and O–H groups in total. The second-order valence-corrected chi connectivity index (χ2v) is 13.1. The van der Waals surface area contributed by atoms with Crippen LogP contribution in [0.5, 0.6) is 11.5 Å². The standard InChI is InChI=1S/C31H34N6O4S/c1-20-33-34-21(2)37(20)23-12-14-36(15-13-23)18-22-16-27-28(19-35(3)31(38)30(27)32-22)26-17-25(42(4,39)40)10-11-29(26)41-24-8-6-5-7-9-24/h5-11,16-17,19,23,32H,12-15,18H2,1-4H3. The van der Waals surface area contributed by atoms with E-state index in [0.717, 1.165) is 48.7 Å². The molecule has 6 rings (SSSR count). The van der Waals surface area contributed by atoms with Gasteiger partial charge >= 0.3 is 0 Å². The Morgan fingerprint density at radius 2 is 1.67 bits per heavy atom. The Hall–Kier alpha value is -4.22. The predicted molar refractivity (Wildman–Crippen MR) is 162 cm³/mol. The lowest BCUT2D eigenvalue weighted by atomic mass is 10.0. The van der Waals surface area contributed by atoms with Crippen LogP contribution in [0.2, 0.25) is 0 Å². The normalized spacial score (nSPS) is 15.0. The third-order valence-corrected chi connectivity index (χ3v) is 9.12. The summed E-state index contributed by atoms with van der Waals surface area (Å²) >= 11 is 0. The summed E-state index contributed by atoms with van der Waals surface area (Å²) in [7, 11) is -1.78. The summed E-state index contributed by atoms with van der Waals surface area (Å²) in [5, 5.41) is 9.16. The third kappa shape index (κ3) is 5.37. The molecule has 4 heterocycles. The minimum Gasteiger partial charge on any atom is -0.457 e. The molecule has 1 aliphatic rings. The van der Waals surface area contributed by atoms with Crippen molar-refractivity contribution in [1.82, 2.24) is 29.2 Å². The van der Waals surface area contributed by atoms with Crippen LogP contribution >= 0.6 is 0 Å². The molecule has 11 heteroatoms. The van der Waals surface area contributed by atoms with E-state index in [-0.39, 0.29) is 10.5 Å². The smallest absolute Gasteiger partial charge is 0.274 e. The molecule has 1 saturated heterocycles. The summed E-state index contributed by atoms with van der Waals surface area (Å²) in [6.07, 6.45) is 4.91. The Bertz CT molecular complexity index is 1910. The maximum absolute atomic E-state index is 13.2. The number of ether oxygens (including phenoxy) is 1. The van der Waals surface area contributed by atoms with Gasteiger partial charge in [0.05, 0.1) is 4.90 Å². The lowest BCUT2D eigenvalue weighted by Crippen LogP contribution is -2.34. The highest BCUT2D eigenvalue weighted by molar-refractivity contribution is 7.90. The molecule has 42 heavy (non-hydrogen) atoms. The number of hydrogen-bond donors (Lipinski definition) is 1. The number of aromatic nitrogens is 5. The van der Waals surface area contributed by atoms with Gasteiger partial charge in [-0.25, -0.2) is 8.42 Å². The fraction of sp³-hybridized carbons (Fsp3) is 0.323. The number of H-pyrrole nitrogens is 1. The van der Waals surface area contributed by atoms with Crippen LogP contribution in [0.1, 0.15) is 36.2 Å². The van der Waals surface area contributed by atoms with Gasteiger partial charge in [0, 0.05) is 67.4 Å². The number of pyridine rings is 1. The average molecular weight is 587 g/mol. The van der Waals surface area contributed by atoms with E-state index < -0.39 is 9.84 Å². The first kappa shape index (κ1) is 27.9. The van der Waals surface area contributed by atoms with Crippen molar-refractivity contribution in [1.29, 1.82) is 0 Å². The van der Waals surface area contributed by atoms with Gasteiger partial charge in [0.2, 0.25) is 0 Å². The van der Waals surface area contributed by atoms with Gasteiger partial charge < -0.3 is 18.9 Å². The number of nitrogens with zero attached hydrogens (tertiary/aromatic N) is 5. The van der Waals surface area contributed by atoms with Crippen LogP contribution in [0.3, 0.4) is 0 Å². The summed E-state index contributed by atoms with van der Waals surface area (Å²) in [6, 6.07) is 16.6. The van der Waals surface area contributed by atoms with Crippen molar-refractivity contribution in [2.24, 2.45) is 7.05 Å². The first-order valence-electron chi connectivity index (χ1n) is 14.0. The number of aromatic amines is 1. The fourth-order valence-corrected chi connectivity index (χ4v) is 6.57. The van der Waals surface area contributed by atoms with Crippen LogP contribution in [0.4, 0.5) is 0 Å². The van der Waals surface area contributed by atoms with Crippen molar-refractivity contribution < 1.29 is 13.2 Å². The number of rotatable bonds is 7. The van der Waals surface area contributed by atoms with Gasteiger partial charge in [-0.2, -0.15) is 0 Å². The van der Waals surface area contributed by atoms with E-state index in [1.807, 2.05) is 50.2 Å². The largest absolute Gasteiger partial charge is 0.457 e. The minimum absolute atomic E-state index is 0.151. The van der Waals surface area contributed by atoms with Crippen molar-refractivity contribution in [3.8, 4) is 22.6 Å². The second kappa shape index (κ2) is 10.9. The molecule has 5 aromatic rings. The van der Waals surface area contributed by atoms with Crippen LogP contribution in [0, 0.1) is 13.8 Å². The number of aryl methyl sites for hydroxylation is 3. The molecule has 10 nitrogen and oxygen atoms in total. The van der Waals surface area contributed by atoms with Crippen LogP contribution in [0.15, 0.2) is 70.5 Å². The Morgan fingerprint density at radius 3 is 2.33 bits per heavy atom. The summed E-state index contributed by atoms with van der Waals surface area (Å²) < 4.78 is 35.0. The number of hydrogen-bond acceptors (Lipinski definition) is 7. The van der Waals surface area contributed by atoms with E-state index in [2.05, 4.69) is 24.6 Å². The number of likely N-dealkylation sites (tertiary alicyclic amines) is 1. The van der Waals surface area contributed by atoms with Crippen molar-refractivity contribution in [2.75, 3.05) is 19.3 Å². The fourth-order valence-electron chi connectivity index (χ4n) is 5.92. The zero-order chi connectivity index (χ0) is 29.6. The lowest BCUT2D eigenvalue weighted by Gasteiger charge is -2.33. The lowest BCUT2D eigenvalue weighted by molar-refractivity contribution is 0.176. The molecule has 0 atom stereocenters. The predicted octanol–water partition coefficient (Wildman–Crippen LogP) is 4.77. The molecule has 0 aliphatic carbocycles. The molecule has 0 saturated carbocycles. The van der Waals surface area contributed by atoms with Crippen LogP contribution < -0.4 is 10.3 Å².